The predicted molar refractivity (Wildman–Crippen MR) is 87.6 cm³/mol. The van der Waals surface area contributed by atoms with Crippen LogP contribution in [0.2, 0.25) is 5.02 Å². The number of carbonyl (C=O) groups is 1. The molecule has 0 saturated heterocycles. The maximum absolute atomic E-state index is 12.5. The van der Waals surface area contributed by atoms with E-state index in [0.29, 0.717) is 12.2 Å². The average molecular weight is 344 g/mol. The summed E-state index contributed by atoms with van der Waals surface area (Å²) < 4.78 is 1.51. The van der Waals surface area contributed by atoms with E-state index in [1.807, 2.05) is 0 Å². The highest BCUT2D eigenvalue weighted by Gasteiger charge is 2.33. The lowest BCUT2D eigenvalue weighted by Crippen LogP contribution is -2.54. The number of aromatic nitrogens is 3. The molecule has 1 fully saturated rings. The summed E-state index contributed by atoms with van der Waals surface area (Å²) in [5.41, 5.74) is 6.24. The molecule has 8 heteroatoms. The summed E-state index contributed by atoms with van der Waals surface area (Å²) >= 11 is 6.22. The van der Waals surface area contributed by atoms with Crippen LogP contribution in [0.25, 0.3) is 5.65 Å². The van der Waals surface area contributed by atoms with E-state index in [0.717, 1.165) is 25.7 Å². The minimum atomic E-state index is -0.331. The second-order valence-corrected chi connectivity index (χ2v) is 5.93. The molecule has 22 heavy (non-hydrogen) atoms. The first-order valence-electron chi connectivity index (χ1n) is 7.17. The van der Waals surface area contributed by atoms with Crippen LogP contribution in [0, 0.1) is 0 Å². The molecular weight excluding hydrogens is 325 g/mol. The lowest BCUT2D eigenvalue weighted by molar-refractivity contribution is 0.0869. The Bertz CT molecular complexity index is 666. The molecule has 1 aliphatic carbocycles. The van der Waals surface area contributed by atoms with E-state index in [1.54, 1.807) is 18.5 Å². The lowest BCUT2D eigenvalue weighted by Gasteiger charge is -2.36. The van der Waals surface area contributed by atoms with E-state index in [9.17, 15) is 4.79 Å². The largest absolute Gasteiger partial charge is 0.344 e. The molecule has 0 unspecified atom stereocenters. The maximum atomic E-state index is 12.5. The molecule has 0 atom stereocenters. The van der Waals surface area contributed by atoms with E-state index in [1.165, 1.54) is 10.9 Å². The van der Waals surface area contributed by atoms with E-state index in [-0.39, 0.29) is 34.6 Å². The topological polar surface area (TPSA) is 85.3 Å². The van der Waals surface area contributed by atoms with Gasteiger partial charge < -0.3 is 11.1 Å². The predicted octanol–water partition coefficient (Wildman–Crippen LogP) is 2.20. The summed E-state index contributed by atoms with van der Waals surface area (Å²) in [5.74, 6) is -0.280. The van der Waals surface area contributed by atoms with Gasteiger partial charge in [0.25, 0.3) is 5.91 Å². The first-order valence-corrected chi connectivity index (χ1v) is 7.54. The second-order valence-electron chi connectivity index (χ2n) is 5.55. The second kappa shape index (κ2) is 6.81. The third kappa shape index (κ3) is 3.04. The molecule has 2 aromatic rings. The van der Waals surface area contributed by atoms with Crippen LogP contribution in [0.4, 0.5) is 0 Å². The Morgan fingerprint density at radius 2 is 2.14 bits per heavy atom. The Hall–Kier alpha value is -1.37. The summed E-state index contributed by atoms with van der Waals surface area (Å²) in [4.78, 5) is 16.6. The Balaban J connectivity index is 0.00000176. The van der Waals surface area contributed by atoms with Gasteiger partial charge in [0.15, 0.2) is 11.3 Å². The summed E-state index contributed by atoms with van der Waals surface area (Å²) in [6, 6.07) is 1.74. The highest BCUT2D eigenvalue weighted by molar-refractivity contribution is 6.36. The molecular formula is C14H19Cl2N5O. The Kier molecular flexibility index (Phi) is 5.26. The van der Waals surface area contributed by atoms with Crippen LogP contribution >= 0.6 is 24.0 Å². The van der Waals surface area contributed by atoms with E-state index in [4.69, 9.17) is 17.3 Å². The fraction of sp³-hybridized carbons (Fsp3) is 0.500. The Morgan fingerprint density at radius 1 is 1.41 bits per heavy atom. The zero-order chi connectivity index (χ0) is 14.9. The Labute approximate surface area is 139 Å². The molecule has 1 saturated carbocycles. The third-order valence-corrected chi connectivity index (χ3v) is 4.48. The number of hydrogen-bond acceptors (Lipinski definition) is 4. The standard InChI is InChI=1S/C14H18ClN5O.ClH/c15-10-11(19-20-8-4-7-17-12(10)20)13(21)18-14(9-16)5-2-1-3-6-14;/h4,7-8H,1-3,5-6,9,16H2,(H,18,21);1H. The highest BCUT2D eigenvalue weighted by Crippen LogP contribution is 2.28. The molecule has 0 aromatic carbocycles. The van der Waals surface area contributed by atoms with Crippen molar-refractivity contribution < 1.29 is 4.79 Å². The average Bonchev–Trinajstić information content (AvgIpc) is 2.86. The highest BCUT2D eigenvalue weighted by atomic mass is 35.5. The molecule has 1 aliphatic rings. The molecule has 0 aliphatic heterocycles. The number of fused-ring (bicyclic) bond motifs is 1. The van der Waals surface area contributed by atoms with E-state index >= 15 is 0 Å². The van der Waals surface area contributed by atoms with Gasteiger partial charge in [0, 0.05) is 18.9 Å². The first-order chi connectivity index (χ1) is 10.2. The van der Waals surface area contributed by atoms with Gasteiger partial charge in [0.05, 0.1) is 5.54 Å². The minimum absolute atomic E-state index is 0. The first kappa shape index (κ1) is 17.0. The van der Waals surface area contributed by atoms with Crippen LogP contribution in [0.3, 0.4) is 0 Å². The molecule has 0 radical (unpaired) electrons. The Morgan fingerprint density at radius 3 is 2.77 bits per heavy atom. The molecule has 6 nitrogen and oxygen atoms in total. The van der Waals surface area contributed by atoms with Gasteiger partial charge in [-0.2, -0.15) is 5.10 Å². The van der Waals surface area contributed by atoms with Crippen LogP contribution in [0.5, 0.6) is 0 Å². The summed E-state index contributed by atoms with van der Waals surface area (Å²) in [6.07, 6.45) is 8.49. The number of amides is 1. The molecule has 2 heterocycles. The van der Waals surface area contributed by atoms with Gasteiger partial charge in [0.2, 0.25) is 0 Å². The zero-order valence-electron chi connectivity index (χ0n) is 12.1. The van der Waals surface area contributed by atoms with Gasteiger partial charge in [-0.1, -0.05) is 30.9 Å². The third-order valence-electron chi connectivity index (χ3n) is 4.13. The molecule has 0 bridgehead atoms. The number of hydrogen-bond donors (Lipinski definition) is 2. The number of halogens is 2. The SMILES string of the molecule is Cl.NCC1(NC(=O)c2nn3cccnc3c2Cl)CCCCC1. The number of nitrogens with zero attached hydrogens (tertiary/aromatic N) is 3. The van der Waals surface area contributed by atoms with Crippen molar-refractivity contribution in [1.29, 1.82) is 0 Å². The van der Waals surface area contributed by atoms with E-state index < -0.39 is 0 Å². The van der Waals surface area contributed by atoms with Crippen molar-refractivity contribution in [1.82, 2.24) is 19.9 Å². The molecule has 120 valence electrons. The van der Waals surface area contributed by atoms with Gasteiger partial charge >= 0.3 is 0 Å². The van der Waals surface area contributed by atoms with E-state index in [2.05, 4.69) is 15.4 Å². The summed E-state index contributed by atoms with van der Waals surface area (Å²) in [5, 5.41) is 7.53. The van der Waals surface area contributed by atoms with Crippen molar-refractivity contribution in [3.05, 3.63) is 29.2 Å². The van der Waals surface area contributed by atoms with Crippen molar-refractivity contribution in [3.63, 3.8) is 0 Å². The van der Waals surface area contributed by atoms with Gasteiger partial charge in [-0.05, 0) is 18.9 Å². The van der Waals surface area contributed by atoms with Crippen LogP contribution in [-0.2, 0) is 0 Å². The van der Waals surface area contributed by atoms with Crippen LogP contribution < -0.4 is 11.1 Å². The van der Waals surface area contributed by atoms with Crippen molar-refractivity contribution in [2.45, 2.75) is 37.6 Å². The van der Waals surface area contributed by atoms with Gasteiger partial charge in [0.1, 0.15) is 5.02 Å². The lowest BCUT2D eigenvalue weighted by atomic mass is 9.81. The quantitative estimate of drug-likeness (QED) is 0.894. The fourth-order valence-electron chi connectivity index (χ4n) is 2.91. The number of nitrogens with one attached hydrogen (secondary N) is 1. The van der Waals surface area contributed by atoms with Crippen LogP contribution in [0.1, 0.15) is 42.6 Å². The van der Waals surface area contributed by atoms with Crippen molar-refractivity contribution in [2.75, 3.05) is 6.54 Å². The van der Waals surface area contributed by atoms with Crippen LogP contribution in [0.15, 0.2) is 18.5 Å². The monoisotopic (exact) mass is 343 g/mol. The molecule has 3 rings (SSSR count). The number of carbonyl (C=O) groups excluding carboxylic acids is 1. The van der Waals surface area contributed by atoms with Crippen molar-refractivity contribution >= 4 is 35.6 Å². The summed E-state index contributed by atoms with van der Waals surface area (Å²) in [7, 11) is 0. The molecule has 0 spiro atoms. The minimum Gasteiger partial charge on any atom is -0.344 e. The molecule has 1 amide bonds. The summed E-state index contributed by atoms with van der Waals surface area (Å²) in [6.45, 7) is 0.433. The van der Waals surface area contributed by atoms with Gasteiger partial charge in [-0.3, -0.25) is 4.79 Å². The molecule has 2 aromatic heterocycles. The smallest absolute Gasteiger partial charge is 0.273 e. The number of nitrogens with two attached hydrogens (primary N) is 1. The van der Waals surface area contributed by atoms with Gasteiger partial charge in [-0.25, -0.2) is 9.50 Å². The molecule has 3 N–H and O–H groups in total. The fourth-order valence-corrected chi connectivity index (χ4v) is 3.17. The van der Waals surface area contributed by atoms with Crippen molar-refractivity contribution in [2.24, 2.45) is 5.73 Å². The van der Waals surface area contributed by atoms with Gasteiger partial charge in [-0.15, -0.1) is 12.4 Å². The van der Waals surface area contributed by atoms with Crippen LogP contribution in [-0.4, -0.2) is 32.6 Å². The normalized spacial score (nSPS) is 17.0. The van der Waals surface area contributed by atoms with Crippen molar-refractivity contribution in [3.8, 4) is 0 Å². The number of rotatable bonds is 3. The maximum Gasteiger partial charge on any atom is 0.273 e. The zero-order valence-corrected chi connectivity index (χ0v) is 13.7.